The van der Waals surface area contributed by atoms with Crippen LogP contribution < -0.4 is 5.32 Å². The van der Waals surface area contributed by atoms with Crippen LogP contribution in [0.15, 0.2) is 0 Å². The topological polar surface area (TPSA) is 52.6 Å². The summed E-state index contributed by atoms with van der Waals surface area (Å²) in [5.74, 6) is -0.751. The molecular weight excluding hydrogens is 180 g/mol. The minimum atomic E-state index is -0.751. The Labute approximate surface area is 85.3 Å². The van der Waals surface area contributed by atoms with Crippen molar-refractivity contribution >= 4 is 5.97 Å². The molecule has 0 amide bonds. The van der Waals surface area contributed by atoms with Crippen molar-refractivity contribution in [1.29, 1.82) is 0 Å². The maximum atomic E-state index is 10.7. The number of hydrogen-bond acceptors (Lipinski definition) is 3. The number of hydrogen-bond donors (Lipinski definition) is 2. The molecule has 0 aromatic heterocycles. The summed E-state index contributed by atoms with van der Waals surface area (Å²) in [6, 6.07) is 0.328. The maximum Gasteiger partial charge on any atom is 0.320 e. The Morgan fingerprint density at radius 2 is 2.29 bits per heavy atom. The second-order valence-electron chi connectivity index (χ2n) is 3.83. The number of nitrogens with one attached hydrogen (secondary N) is 1. The summed E-state index contributed by atoms with van der Waals surface area (Å²) >= 11 is 0. The lowest BCUT2D eigenvalue weighted by atomic mass is 10.2. The molecule has 0 spiro atoms. The summed E-state index contributed by atoms with van der Waals surface area (Å²) in [4.78, 5) is 13.1. The second kappa shape index (κ2) is 5.32. The van der Waals surface area contributed by atoms with E-state index in [1.807, 2.05) is 0 Å². The lowest BCUT2D eigenvalue weighted by Crippen LogP contribution is -2.38. The van der Waals surface area contributed by atoms with Crippen molar-refractivity contribution in [3.63, 3.8) is 0 Å². The Hall–Kier alpha value is -0.610. The Kier molecular flexibility index (Phi) is 4.35. The largest absolute Gasteiger partial charge is 0.480 e. The SMILES string of the molecule is CCN(CCC(NC)C(=O)O)C1CC1. The molecule has 1 atom stereocenters. The van der Waals surface area contributed by atoms with Crippen LogP contribution in [-0.2, 0) is 4.79 Å². The van der Waals surface area contributed by atoms with Crippen LogP contribution >= 0.6 is 0 Å². The van der Waals surface area contributed by atoms with E-state index in [-0.39, 0.29) is 0 Å². The van der Waals surface area contributed by atoms with E-state index in [1.54, 1.807) is 7.05 Å². The van der Waals surface area contributed by atoms with Crippen LogP contribution in [0, 0.1) is 0 Å². The van der Waals surface area contributed by atoms with Crippen molar-refractivity contribution in [2.75, 3.05) is 20.1 Å². The lowest BCUT2D eigenvalue weighted by molar-refractivity contribution is -0.139. The first-order valence-corrected chi connectivity index (χ1v) is 5.33. The van der Waals surface area contributed by atoms with Gasteiger partial charge in [0, 0.05) is 12.6 Å². The van der Waals surface area contributed by atoms with Gasteiger partial charge in [0.1, 0.15) is 6.04 Å². The first kappa shape index (κ1) is 11.5. The van der Waals surface area contributed by atoms with E-state index in [2.05, 4.69) is 17.1 Å². The van der Waals surface area contributed by atoms with Crippen molar-refractivity contribution in [2.45, 2.75) is 38.3 Å². The van der Waals surface area contributed by atoms with Crippen LogP contribution in [-0.4, -0.2) is 48.2 Å². The van der Waals surface area contributed by atoms with Crippen molar-refractivity contribution in [1.82, 2.24) is 10.2 Å². The fourth-order valence-electron chi connectivity index (χ4n) is 1.72. The Balaban J connectivity index is 2.25. The van der Waals surface area contributed by atoms with Crippen molar-refractivity contribution in [3.05, 3.63) is 0 Å². The Morgan fingerprint density at radius 3 is 2.64 bits per heavy atom. The molecule has 82 valence electrons. The molecule has 0 aromatic carbocycles. The second-order valence-corrected chi connectivity index (χ2v) is 3.83. The molecule has 0 saturated heterocycles. The average Bonchev–Trinajstić information content (AvgIpc) is 2.95. The van der Waals surface area contributed by atoms with Crippen molar-refractivity contribution in [2.24, 2.45) is 0 Å². The molecule has 1 saturated carbocycles. The van der Waals surface area contributed by atoms with E-state index >= 15 is 0 Å². The number of carboxylic acids is 1. The lowest BCUT2D eigenvalue weighted by Gasteiger charge is -2.21. The quantitative estimate of drug-likeness (QED) is 0.629. The number of aliphatic carboxylic acids is 1. The van der Waals surface area contributed by atoms with Crippen molar-refractivity contribution in [3.8, 4) is 0 Å². The third-order valence-corrected chi connectivity index (χ3v) is 2.82. The van der Waals surface area contributed by atoms with E-state index in [0.717, 1.165) is 19.1 Å². The standard InChI is InChI=1S/C10H20N2O2/c1-3-12(8-4-5-8)7-6-9(11-2)10(13)14/h8-9,11H,3-7H2,1-2H3,(H,13,14). The fourth-order valence-corrected chi connectivity index (χ4v) is 1.72. The molecule has 0 radical (unpaired) electrons. The normalized spacial score (nSPS) is 18.5. The summed E-state index contributed by atoms with van der Waals surface area (Å²) in [6.45, 7) is 4.05. The molecule has 4 heteroatoms. The third kappa shape index (κ3) is 3.27. The number of rotatable bonds is 7. The molecule has 0 heterocycles. The third-order valence-electron chi connectivity index (χ3n) is 2.82. The molecular formula is C10H20N2O2. The first-order chi connectivity index (χ1) is 6.69. The highest BCUT2D eigenvalue weighted by atomic mass is 16.4. The van der Waals surface area contributed by atoms with Gasteiger partial charge in [-0.15, -0.1) is 0 Å². The number of carboxylic acid groups (broad SMARTS) is 1. The molecule has 0 aromatic rings. The van der Waals surface area contributed by atoms with Crippen LogP contribution in [0.5, 0.6) is 0 Å². The summed E-state index contributed by atoms with van der Waals surface area (Å²) < 4.78 is 0. The smallest absolute Gasteiger partial charge is 0.320 e. The van der Waals surface area contributed by atoms with Crippen LogP contribution in [0.2, 0.25) is 0 Å². The minimum absolute atomic E-state index is 0.400. The summed E-state index contributed by atoms with van der Waals surface area (Å²) in [5, 5.41) is 11.6. The zero-order chi connectivity index (χ0) is 10.6. The molecule has 14 heavy (non-hydrogen) atoms. The molecule has 1 fully saturated rings. The molecule has 0 bridgehead atoms. The van der Waals surface area contributed by atoms with E-state index < -0.39 is 12.0 Å². The minimum Gasteiger partial charge on any atom is -0.480 e. The monoisotopic (exact) mass is 200 g/mol. The van der Waals surface area contributed by atoms with Crippen LogP contribution in [0.25, 0.3) is 0 Å². The van der Waals surface area contributed by atoms with Crippen LogP contribution in [0.3, 0.4) is 0 Å². The van der Waals surface area contributed by atoms with Gasteiger partial charge in [0.25, 0.3) is 0 Å². The van der Waals surface area contributed by atoms with Gasteiger partial charge in [0.15, 0.2) is 0 Å². The van der Waals surface area contributed by atoms with Gasteiger partial charge in [0.2, 0.25) is 0 Å². The van der Waals surface area contributed by atoms with Gasteiger partial charge in [-0.2, -0.15) is 0 Å². The molecule has 1 rings (SSSR count). The highest BCUT2D eigenvalue weighted by Gasteiger charge is 2.28. The van der Waals surface area contributed by atoms with Gasteiger partial charge < -0.3 is 15.3 Å². The number of likely N-dealkylation sites (N-methyl/N-ethyl adjacent to an activating group) is 1. The van der Waals surface area contributed by atoms with Gasteiger partial charge >= 0.3 is 5.97 Å². The van der Waals surface area contributed by atoms with E-state index in [1.165, 1.54) is 12.8 Å². The highest BCUT2D eigenvalue weighted by molar-refractivity contribution is 5.73. The molecule has 4 nitrogen and oxygen atoms in total. The zero-order valence-corrected chi connectivity index (χ0v) is 8.99. The molecule has 1 unspecified atom stereocenters. The Morgan fingerprint density at radius 1 is 1.64 bits per heavy atom. The number of carbonyl (C=O) groups is 1. The maximum absolute atomic E-state index is 10.7. The van der Waals surface area contributed by atoms with Gasteiger partial charge in [-0.3, -0.25) is 4.79 Å². The highest BCUT2D eigenvalue weighted by Crippen LogP contribution is 2.26. The van der Waals surface area contributed by atoms with E-state index in [4.69, 9.17) is 5.11 Å². The molecule has 2 N–H and O–H groups in total. The first-order valence-electron chi connectivity index (χ1n) is 5.33. The zero-order valence-electron chi connectivity index (χ0n) is 8.99. The fraction of sp³-hybridized carbons (Fsp3) is 0.900. The Bertz CT molecular complexity index is 193. The molecule has 1 aliphatic carbocycles. The van der Waals surface area contributed by atoms with Crippen LogP contribution in [0.1, 0.15) is 26.2 Å². The number of nitrogens with zero attached hydrogens (tertiary/aromatic N) is 1. The predicted molar refractivity (Wildman–Crippen MR) is 55.4 cm³/mol. The summed E-state index contributed by atoms with van der Waals surface area (Å²) in [5.41, 5.74) is 0. The van der Waals surface area contributed by atoms with Gasteiger partial charge in [-0.1, -0.05) is 6.92 Å². The van der Waals surface area contributed by atoms with Crippen molar-refractivity contribution < 1.29 is 9.90 Å². The molecule has 0 aliphatic heterocycles. The predicted octanol–water partition coefficient (Wildman–Crippen LogP) is 0.533. The van der Waals surface area contributed by atoms with E-state index in [9.17, 15) is 4.79 Å². The van der Waals surface area contributed by atoms with Crippen LogP contribution in [0.4, 0.5) is 0 Å². The average molecular weight is 200 g/mol. The van der Waals surface area contributed by atoms with Gasteiger partial charge in [0.05, 0.1) is 0 Å². The summed E-state index contributed by atoms with van der Waals surface area (Å²) in [6.07, 6.45) is 3.26. The van der Waals surface area contributed by atoms with Gasteiger partial charge in [-0.25, -0.2) is 0 Å². The summed E-state index contributed by atoms with van der Waals surface area (Å²) in [7, 11) is 1.70. The molecule has 1 aliphatic rings. The van der Waals surface area contributed by atoms with E-state index in [0.29, 0.717) is 6.42 Å². The van der Waals surface area contributed by atoms with Gasteiger partial charge in [-0.05, 0) is 32.9 Å².